The van der Waals surface area contributed by atoms with Crippen LogP contribution in [0.5, 0.6) is 0 Å². The molecular weight excluding hydrogens is 360 g/mol. The fourth-order valence-corrected chi connectivity index (χ4v) is 2.51. The van der Waals surface area contributed by atoms with Gasteiger partial charge in [-0.05, 0) is 31.9 Å². The molecule has 0 saturated heterocycles. The van der Waals surface area contributed by atoms with Crippen molar-refractivity contribution in [3.63, 3.8) is 0 Å². The summed E-state index contributed by atoms with van der Waals surface area (Å²) < 4.78 is 15.4. The third-order valence-corrected chi connectivity index (χ3v) is 3.94. The summed E-state index contributed by atoms with van der Waals surface area (Å²) in [5.74, 6) is -2.29. The van der Waals surface area contributed by atoms with Crippen molar-refractivity contribution in [2.75, 3.05) is 13.2 Å². The predicted molar refractivity (Wildman–Crippen MR) is 104 cm³/mol. The van der Waals surface area contributed by atoms with Gasteiger partial charge in [0.15, 0.2) is 5.41 Å². The van der Waals surface area contributed by atoms with Crippen LogP contribution in [0, 0.1) is 5.41 Å². The van der Waals surface area contributed by atoms with E-state index in [0.717, 1.165) is 5.56 Å². The molecule has 0 unspecified atom stereocenters. The Morgan fingerprint density at radius 3 is 2.11 bits per heavy atom. The molecule has 0 bridgehead atoms. The molecule has 1 aromatic carbocycles. The average molecular weight is 386 g/mol. The highest BCUT2D eigenvalue weighted by Gasteiger charge is 2.49. The van der Waals surface area contributed by atoms with E-state index in [1.54, 1.807) is 13.8 Å². The fourth-order valence-electron chi connectivity index (χ4n) is 2.51. The predicted octanol–water partition coefficient (Wildman–Crippen LogP) is 3.52. The lowest BCUT2D eigenvalue weighted by molar-refractivity contribution is -0.172. The molecule has 0 spiro atoms. The molecule has 150 valence electrons. The zero-order valence-electron chi connectivity index (χ0n) is 16.4. The highest BCUT2D eigenvalue weighted by atomic mass is 16.6. The minimum Gasteiger partial charge on any atom is -0.465 e. The second kappa shape index (κ2) is 11.6. The molecule has 0 heterocycles. The molecule has 0 aliphatic rings. The molecule has 1 rings (SSSR count). The second-order valence-electron chi connectivity index (χ2n) is 5.98. The maximum atomic E-state index is 12.6. The van der Waals surface area contributed by atoms with Crippen molar-refractivity contribution in [1.29, 1.82) is 0 Å². The molecule has 6 nitrogen and oxygen atoms in total. The van der Waals surface area contributed by atoms with Gasteiger partial charge in [-0.15, -0.1) is 5.73 Å². The van der Waals surface area contributed by atoms with E-state index in [-0.39, 0.29) is 38.2 Å². The van der Waals surface area contributed by atoms with E-state index in [0.29, 0.717) is 0 Å². The van der Waals surface area contributed by atoms with Crippen LogP contribution < -0.4 is 0 Å². The Bertz CT molecular complexity index is 726. The number of carbonyl (C=O) groups excluding carboxylic acids is 3. The molecule has 0 aliphatic carbocycles. The van der Waals surface area contributed by atoms with Gasteiger partial charge in [-0.3, -0.25) is 9.59 Å². The van der Waals surface area contributed by atoms with Gasteiger partial charge in [-0.2, -0.15) is 0 Å². The van der Waals surface area contributed by atoms with E-state index in [1.807, 2.05) is 30.3 Å². The summed E-state index contributed by atoms with van der Waals surface area (Å²) in [6, 6.07) is 9.13. The van der Waals surface area contributed by atoms with Crippen LogP contribution in [0.25, 0.3) is 0 Å². The number of rotatable bonds is 11. The molecule has 0 aliphatic heterocycles. The monoisotopic (exact) mass is 386 g/mol. The smallest absolute Gasteiger partial charge is 0.333 e. The van der Waals surface area contributed by atoms with Crippen LogP contribution in [0.15, 0.2) is 60.9 Å². The summed E-state index contributed by atoms with van der Waals surface area (Å²) in [4.78, 5) is 37.6. The molecule has 0 aromatic heterocycles. The first-order valence-electron chi connectivity index (χ1n) is 8.98. The number of hydrogen-bond acceptors (Lipinski definition) is 6. The number of hydrogen-bond donors (Lipinski definition) is 0. The van der Waals surface area contributed by atoms with E-state index in [4.69, 9.17) is 14.2 Å². The van der Waals surface area contributed by atoms with Crippen LogP contribution in [0.4, 0.5) is 0 Å². The second-order valence-corrected chi connectivity index (χ2v) is 5.98. The van der Waals surface area contributed by atoms with Gasteiger partial charge in [0, 0.05) is 12.0 Å². The zero-order valence-corrected chi connectivity index (χ0v) is 16.4. The standard InChI is InChI=1S/C22H26O6/c1-5-8-14-22(20(24)26-6-2,21(25)27-7-3)15-17(4)19(23)28-16-18-12-10-9-11-13-18/h8-13H,1,4,6-7,14-16H2,2-3H3. The van der Waals surface area contributed by atoms with Gasteiger partial charge in [0.2, 0.25) is 0 Å². The summed E-state index contributed by atoms with van der Waals surface area (Å²) in [5, 5.41) is 0. The topological polar surface area (TPSA) is 78.9 Å². The Kier molecular flexibility index (Phi) is 9.48. The molecule has 0 N–H and O–H groups in total. The summed E-state index contributed by atoms with van der Waals surface area (Å²) >= 11 is 0. The highest BCUT2D eigenvalue weighted by Crippen LogP contribution is 2.34. The number of allylic oxidation sites excluding steroid dienone is 1. The molecule has 0 amide bonds. The lowest BCUT2D eigenvalue weighted by Crippen LogP contribution is -2.42. The molecule has 0 atom stereocenters. The maximum absolute atomic E-state index is 12.6. The minimum atomic E-state index is -1.75. The van der Waals surface area contributed by atoms with E-state index >= 15 is 0 Å². The molecule has 1 aromatic rings. The summed E-state index contributed by atoms with van der Waals surface area (Å²) in [6.07, 6.45) is 1.05. The number of benzene rings is 1. The van der Waals surface area contributed by atoms with Crippen LogP contribution in [-0.4, -0.2) is 31.1 Å². The van der Waals surface area contributed by atoms with Crippen LogP contribution in [0.1, 0.15) is 32.3 Å². The first kappa shape index (κ1) is 22.9. The van der Waals surface area contributed by atoms with Gasteiger partial charge in [0.05, 0.1) is 13.2 Å². The van der Waals surface area contributed by atoms with E-state index in [9.17, 15) is 14.4 Å². The number of carbonyl (C=O) groups is 3. The van der Waals surface area contributed by atoms with Gasteiger partial charge >= 0.3 is 17.9 Å². The van der Waals surface area contributed by atoms with Crippen molar-refractivity contribution in [2.24, 2.45) is 5.41 Å². The summed E-state index contributed by atoms with van der Waals surface area (Å²) in [7, 11) is 0. The van der Waals surface area contributed by atoms with Gasteiger partial charge < -0.3 is 14.2 Å². The first-order chi connectivity index (χ1) is 13.4. The van der Waals surface area contributed by atoms with E-state index in [2.05, 4.69) is 18.9 Å². The number of ether oxygens (including phenoxy) is 3. The van der Waals surface area contributed by atoms with Crippen molar-refractivity contribution in [1.82, 2.24) is 0 Å². The largest absolute Gasteiger partial charge is 0.465 e. The summed E-state index contributed by atoms with van der Waals surface area (Å²) in [6.45, 7) is 10.6. The van der Waals surface area contributed by atoms with E-state index < -0.39 is 23.3 Å². The Hall–Kier alpha value is -3.11. The van der Waals surface area contributed by atoms with Gasteiger partial charge in [-0.1, -0.05) is 43.5 Å². The SMILES string of the molecule is C=C=CCC(CC(=C)C(=O)OCc1ccccc1)(C(=O)OCC)C(=O)OCC. The minimum absolute atomic E-state index is 0.0329. The zero-order chi connectivity index (χ0) is 21.0. The molecule has 0 saturated carbocycles. The molecular formula is C22H26O6. The van der Waals surface area contributed by atoms with Crippen molar-refractivity contribution < 1.29 is 28.6 Å². The quantitative estimate of drug-likeness (QED) is 0.190. The Labute approximate surface area is 165 Å². The molecule has 6 heteroatoms. The third-order valence-electron chi connectivity index (χ3n) is 3.94. The Morgan fingerprint density at radius 1 is 1.04 bits per heavy atom. The Balaban J connectivity index is 3.02. The molecule has 0 fully saturated rings. The van der Waals surface area contributed by atoms with Crippen molar-refractivity contribution in [3.8, 4) is 0 Å². The van der Waals surface area contributed by atoms with Gasteiger partial charge in [0.25, 0.3) is 0 Å². The van der Waals surface area contributed by atoms with Crippen LogP contribution in [0.2, 0.25) is 0 Å². The molecule has 0 radical (unpaired) electrons. The highest BCUT2D eigenvalue weighted by molar-refractivity contribution is 6.02. The lowest BCUT2D eigenvalue weighted by Gasteiger charge is -2.28. The maximum Gasteiger partial charge on any atom is 0.333 e. The average Bonchev–Trinajstić information content (AvgIpc) is 2.70. The Morgan fingerprint density at radius 2 is 1.61 bits per heavy atom. The number of esters is 3. The molecule has 28 heavy (non-hydrogen) atoms. The fraction of sp³-hybridized carbons (Fsp3) is 0.364. The van der Waals surface area contributed by atoms with Gasteiger partial charge in [0.1, 0.15) is 6.61 Å². The van der Waals surface area contributed by atoms with Crippen molar-refractivity contribution in [2.45, 2.75) is 33.3 Å². The van der Waals surface area contributed by atoms with Gasteiger partial charge in [-0.25, -0.2) is 4.79 Å². The third kappa shape index (κ3) is 6.25. The van der Waals surface area contributed by atoms with Crippen LogP contribution >= 0.6 is 0 Å². The normalized spacial score (nSPS) is 10.4. The summed E-state index contributed by atoms with van der Waals surface area (Å²) in [5.41, 5.74) is 1.55. The van der Waals surface area contributed by atoms with Crippen molar-refractivity contribution in [3.05, 3.63) is 66.4 Å². The van der Waals surface area contributed by atoms with E-state index in [1.165, 1.54) is 6.08 Å². The van der Waals surface area contributed by atoms with Crippen LogP contribution in [-0.2, 0) is 35.2 Å². The lowest BCUT2D eigenvalue weighted by atomic mass is 9.78. The first-order valence-corrected chi connectivity index (χ1v) is 8.98. The van der Waals surface area contributed by atoms with Crippen molar-refractivity contribution >= 4 is 17.9 Å². The van der Waals surface area contributed by atoms with Crippen LogP contribution in [0.3, 0.4) is 0 Å².